The summed E-state index contributed by atoms with van der Waals surface area (Å²) in [6.45, 7) is 9.77. The molecule has 0 N–H and O–H groups in total. The summed E-state index contributed by atoms with van der Waals surface area (Å²) in [5.74, 6) is 0.432. The minimum Gasteiger partial charge on any atom is -0.311 e. The first-order chi connectivity index (χ1) is 12.6. The number of benzene rings is 1. The number of hydrogen-bond donors (Lipinski definition) is 0. The van der Waals surface area contributed by atoms with E-state index >= 15 is 0 Å². The zero-order valence-electron chi connectivity index (χ0n) is 16.5. The number of piperidine rings is 1. The molecule has 1 aliphatic rings. The maximum atomic E-state index is 13.5. The van der Waals surface area contributed by atoms with Gasteiger partial charge < -0.3 is 4.48 Å². The Labute approximate surface area is 162 Å². The smallest absolute Gasteiger partial charge is 0.194 e. The van der Waals surface area contributed by atoms with Crippen LogP contribution in [0.4, 0.5) is 0 Å². The van der Waals surface area contributed by atoms with Gasteiger partial charge in [-0.15, -0.1) is 0 Å². The molecule has 1 aromatic carbocycles. The van der Waals surface area contributed by atoms with Crippen molar-refractivity contribution in [2.75, 3.05) is 13.1 Å². The van der Waals surface area contributed by atoms with E-state index in [-0.39, 0.29) is 6.04 Å². The number of rotatable bonds is 7. The highest BCUT2D eigenvalue weighted by atomic mass is 32.1. The SMILES string of the molecule is CCC(C(=O)Cc1c(C)cccc1C)[N+]1(Cc2ccsc2)CCCCC1. The van der Waals surface area contributed by atoms with Crippen molar-refractivity contribution in [2.24, 2.45) is 0 Å². The molecule has 3 heteroatoms. The van der Waals surface area contributed by atoms with Crippen molar-refractivity contribution < 1.29 is 9.28 Å². The average molecular weight is 371 g/mol. The summed E-state index contributed by atoms with van der Waals surface area (Å²) < 4.78 is 0.969. The Hall–Kier alpha value is -1.45. The average Bonchev–Trinajstić information content (AvgIpc) is 3.12. The first kappa shape index (κ1) is 19.3. The zero-order valence-corrected chi connectivity index (χ0v) is 17.3. The lowest BCUT2D eigenvalue weighted by Gasteiger charge is -2.46. The Kier molecular flexibility index (Phi) is 6.31. The lowest BCUT2D eigenvalue weighted by atomic mass is 9.91. The molecule has 2 heterocycles. The van der Waals surface area contributed by atoms with E-state index in [4.69, 9.17) is 0 Å². The van der Waals surface area contributed by atoms with Gasteiger partial charge in [0.15, 0.2) is 5.78 Å². The molecule has 2 nitrogen and oxygen atoms in total. The summed E-state index contributed by atoms with van der Waals surface area (Å²) in [6, 6.07) is 8.71. The minimum atomic E-state index is 0.120. The van der Waals surface area contributed by atoms with Crippen LogP contribution in [0.1, 0.15) is 54.9 Å². The Morgan fingerprint density at radius 2 is 1.81 bits per heavy atom. The molecule has 1 unspecified atom stereocenters. The van der Waals surface area contributed by atoms with Crippen LogP contribution in [0, 0.1) is 13.8 Å². The van der Waals surface area contributed by atoms with Gasteiger partial charge in [0.05, 0.1) is 13.1 Å². The van der Waals surface area contributed by atoms with Crippen molar-refractivity contribution in [1.82, 2.24) is 0 Å². The molecular weight excluding hydrogens is 338 g/mol. The molecule has 0 saturated carbocycles. The van der Waals surface area contributed by atoms with Gasteiger partial charge >= 0.3 is 0 Å². The van der Waals surface area contributed by atoms with E-state index in [1.165, 1.54) is 41.5 Å². The standard InChI is InChI=1S/C23H32NOS/c1-4-22(23(25)15-21-18(2)9-8-10-19(21)3)24(12-6-5-7-13-24)16-20-11-14-26-17-20/h8-11,14,17,22H,4-7,12-13,15-16H2,1-3H3/q+1. The second-order valence-corrected chi connectivity index (χ2v) is 8.73. The monoisotopic (exact) mass is 370 g/mol. The molecule has 1 saturated heterocycles. The zero-order chi connectivity index (χ0) is 18.6. The fourth-order valence-corrected chi connectivity index (χ4v) is 5.47. The van der Waals surface area contributed by atoms with Crippen LogP contribution in [0.5, 0.6) is 0 Å². The van der Waals surface area contributed by atoms with Gasteiger partial charge in [0.25, 0.3) is 0 Å². The normalized spacial score (nSPS) is 17.8. The Morgan fingerprint density at radius 3 is 2.38 bits per heavy atom. The third-order valence-electron chi connectivity index (χ3n) is 6.20. The summed E-state index contributed by atoms with van der Waals surface area (Å²) in [6.07, 6.45) is 5.33. The van der Waals surface area contributed by atoms with Crippen LogP contribution in [0.2, 0.25) is 0 Å². The number of carbonyl (C=O) groups excluding carboxylic acids is 1. The largest absolute Gasteiger partial charge is 0.311 e. The predicted octanol–water partition coefficient (Wildman–Crippen LogP) is 5.46. The van der Waals surface area contributed by atoms with E-state index in [9.17, 15) is 4.79 Å². The van der Waals surface area contributed by atoms with Gasteiger partial charge in [0, 0.05) is 18.4 Å². The number of likely N-dealkylation sites (tertiary alicyclic amines) is 1. The van der Waals surface area contributed by atoms with Crippen LogP contribution in [0.25, 0.3) is 0 Å². The summed E-state index contributed by atoms with van der Waals surface area (Å²) in [7, 11) is 0. The van der Waals surface area contributed by atoms with Crippen LogP contribution in [0.3, 0.4) is 0 Å². The molecule has 0 spiro atoms. The topological polar surface area (TPSA) is 17.1 Å². The number of nitrogens with zero attached hydrogens (tertiary/aromatic N) is 1. The maximum Gasteiger partial charge on any atom is 0.194 e. The number of aryl methyl sites for hydroxylation is 2. The second kappa shape index (κ2) is 8.49. The summed E-state index contributed by atoms with van der Waals surface area (Å²) in [4.78, 5) is 13.5. The fraction of sp³-hybridized carbons (Fsp3) is 0.522. The Morgan fingerprint density at radius 1 is 1.12 bits per heavy atom. The molecule has 1 aliphatic heterocycles. The van der Waals surface area contributed by atoms with Gasteiger partial charge in [0.1, 0.15) is 12.6 Å². The molecule has 0 bridgehead atoms. The second-order valence-electron chi connectivity index (χ2n) is 7.95. The quantitative estimate of drug-likeness (QED) is 0.592. The number of quaternary nitrogens is 1. The van der Waals surface area contributed by atoms with Crippen LogP contribution >= 0.6 is 11.3 Å². The number of Topliss-reactive ketones (excluding diaryl/α,β-unsaturated/α-hetero) is 1. The van der Waals surface area contributed by atoms with Crippen LogP contribution in [-0.2, 0) is 17.8 Å². The highest BCUT2D eigenvalue weighted by Gasteiger charge is 2.41. The van der Waals surface area contributed by atoms with Gasteiger partial charge in [-0.3, -0.25) is 4.79 Å². The van der Waals surface area contributed by atoms with Crippen molar-refractivity contribution in [3.63, 3.8) is 0 Å². The summed E-state index contributed by atoms with van der Waals surface area (Å²) in [5.41, 5.74) is 5.13. The Bertz CT molecular complexity index is 708. The molecule has 1 fully saturated rings. The molecule has 140 valence electrons. The molecule has 0 radical (unpaired) electrons. The third-order valence-corrected chi connectivity index (χ3v) is 6.93. The number of ketones is 1. The van der Waals surface area contributed by atoms with E-state index < -0.39 is 0 Å². The van der Waals surface area contributed by atoms with E-state index in [1.54, 1.807) is 11.3 Å². The fourth-order valence-electron chi connectivity index (χ4n) is 4.81. The van der Waals surface area contributed by atoms with E-state index in [2.05, 4.69) is 55.8 Å². The van der Waals surface area contributed by atoms with Gasteiger partial charge in [0.2, 0.25) is 0 Å². The van der Waals surface area contributed by atoms with Crippen molar-refractivity contribution in [1.29, 1.82) is 0 Å². The van der Waals surface area contributed by atoms with Crippen LogP contribution < -0.4 is 0 Å². The first-order valence-electron chi connectivity index (χ1n) is 10.0. The number of thiophene rings is 1. The lowest BCUT2D eigenvalue weighted by Crippen LogP contribution is -2.60. The van der Waals surface area contributed by atoms with Gasteiger partial charge in [-0.2, -0.15) is 11.3 Å². The maximum absolute atomic E-state index is 13.5. The third kappa shape index (κ3) is 4.10. The highest BCUT2D eigenvalue weighted by Crippen LogP contribution is 2.30. The lowest BCUT2D eigenvalue weighted by molar-refractivity contribution is -0.959. The summed E-state index contributed by atoms with van der Waals surface area (Å²) in [5, 5.41) is 4.42. The summed E-state index contributed by atoms with van der Waals surface area (Å²) >= 11 is 1.77. The van der Waals surface area contributed by atoms with Crippen molar-refractivity contribution in [3.05, 3.63) is 57.3 Å². The van der Waals surface area contributed by atoms with Gasteiger partial charge in [-0.1, -0.05) is 25.1 Å². The number of hydrogen-bond acceptors (Lipinski definition) is 2. The molecular formula is C23H32NOS+. The van der Waals surface area contributed by atoms with Crippen LogP contribution in [0.15, 0.2) is 35.0 Å². The molecule has 3 rings (SSSR count). The Balaban J connectivity index is 1.86. The molecule has 1 atom stereocenters. The van der Waals surface area contributed by atoms with E-state index in [0.29, 0.717) is 12.2 Å². The van der Waals surface area contributed by atoms with Crippen molar-refractivity contribution >= 4 is 17.1 Å². The van der Waals surface area contributed by atoms with Crippen molar-refractivity contribution in [2.45, 2.75) is 65.5 Å². The molecule has 0 amide bonds. The van der Waals surface area contributed by atoms with E-state index in [1.807, 2.05) is 0 Å². The van der Waals surface area contributed by atoms with Gasteiger partial charge in [-0.05, 0) is 66.6 Å². The highest BCUT2D eigenvalue weighted by molar-refractivity contribution is 7.07. The van der Waals surface area contributed by atoms with Crippen molar-refractivity contribution in [3.8, 4) is 0 Å². The molecule has 1 aromatic heterocycles. The predicted molar refractivity (Wildman–Crippen MR) is 111 cm³/mol. The molecule has 26 heavy (non-hydrogen) atoms. The van der Waals surface area contributed by atoms with E-state index in [0.717, 1.165) is 30.5 Å². The molecule has 2 aromatic rings. The minimum absolute atomic E-state index is 0.120. The number of carbonyl (C=O) groups is 1. The van der Waals surface area contributed by atoms with Crippen LogP contribution in [-0.4, -0.2) is 29.4 Å². The van der Waals surface area contributed by atoms with Gasteiger partial charge in [-0.25, -0.2) is 0 Å². The first-order valence-corrected chi connectivity index (χ1v) is 10.9. The molecule has 0 aliphatic carbocycles.